The van der Waals surface area contributed by atoms with Crippen LogP contribution >= 0.6 is 0 Å². The second kappa shape index (κ2) is 7.32. The SMILES string of the molecule is N=CC(=O)NC1CCC(C(S(=O)(=O)C(F)(F)F)S(=O)(=O)C(F)(F)F)CC1. The highest BCUT2D eigenvalue weighted by Gasteiger charge is 2.65. The Hall–Kier alpha value is -1.38. The molecule has 0 atom stereocenters. The van der Waals surface area contributed by atoms with Gasteiger partial charge in [-0.2, -0.15) is 26.3 Å². The van der Waals surface area contributed by atoms with E-state index in [2.05, 4.69) is 5.32 Å². The molecule has 26 heavy (non-hydrogen) atoms. The Balaban J connectivity index is 3.22. The van der Waals surface area contributed by atoms with Crippen LogP contribution in [0.2, 0.25) is 0 Å². The highest BCUT2D eigenvalue weighted by Crippen LogP contribution is 2.43. The molecule has 0 aromatic rings. The lowest BCUT2D eigenvalue weighted by molar-refractivity contribution is -0.115. The van der Waals surface area contributed by atoms with Crippen LogP contribution < -0.4 is 5.32 Å². The molecule has 1 fully saturated rings. The Bertz CT molecular complexity index is 707. The fraction of sp³-hybridized carbons (Fsp3) is 0.818. The van der Waals surface area contributed by atoms with Gasteiger partial charge >= 0.3 is 11.0 Å². The Morgan fingerprint density at radius 2 is 1.31 bits per heavy atom. The van der Waals surface area contributed by atoms with Gasteiger partial charge < -0.3 is 10.7 Å². The molecule has 0 saturated heterocycles. The molecule has 152 valence electrons. The fourth-order valence-corrected chi connectivity index (χ4v) is 6.79. The molecule has 7 nitrogen and oxygen atoms in total. The van der Waals surface area contributed by atoms with Crippen LogP contribution in [0.25, 0.3) is 0 Å². The van der Waals surface area contributed by atoms with Crippen LogP contribution in [0, 0.1) is 11.3 Å². The maximum Gasteiger partial charge on any atom is 0.498 e. The monoisotopic (exact) mass is 432 g/mol. The van der Waals surface area contributed by atoms with Crippen molar-refractivity contribution in [2.45, 2.75) is 47.3 Å². The summed E-state index contributed by atoms with van der Waals surface area (Å²) in [6.07, 6.45) is -1.27. The first-order valence-corrected chi connectivity index (χ1v) is 10.1. The van der Waals surface area contributed by atoms with E-state index in [-0.39, 0.29) is 12.8 Å². The summed E-state index contributed by atoms with van der Waals surface area (Å²) >= 11 is 0. The smallest absolute Gasteiger partial charge is 0.349 e. The molecule has 1 aliphatic carbocycles. The van der Waals surface area contributed by atoms with Crippen molar-refractivity contribution in [1.82, 2.24) is 5.32 Å². The molecule has 1 saturated carbocycles. The van der Waals surface area contributed by atoms with Gasteiger partial charge in [-0.05, 0) is 31.6 Å². The van der Waals surface area contributed by atoms with E-state index in [1.54, 1.807) is 0 Å². The van der Waals surface area contributed by atoms with Crippen LogP contribution in [-0.4, -0.2) is 50.6 Å². The van der Waals surface area contributed by atoms with Crippen LogP contribution in [0.1, 0.15) is 25.7 Å². The summed E-state index contributed by atoms with van der Waals surface area (Å²) in [5.41, 5.74) is -12.4. The van der Waals surface area contributed by atoms with Gasteiger partial charge in [0.25, 0.3) is 25.6 Å². The van der Waals surface area contributed by atoms with Gasteiger partial charge in [0, 0.05) is 6.04 Å². The molecular formula is C11H14F6N2O5S2. The van der Waals surface area contributed by atoms with Crippen LogP contribution in [-0.2, 0) is 24.5 Å². The summed E-state index contributed by atoms with van der Waals surface area (Å²) in [5, 5.41) is 8.93. The van der Waals surface area contributed by atoms with Crippen molar-refractivity contribution in [2.24, 2.45) is 5.92 Å². The summed E-state index contributed by atoms with van der Waals surface area (Å²) in [6.45, 7) is 0. The van der Waals surface area contributed by atoms with Gasteiger partial charge in [0.05, 0.1) is 6.21 Å². The van der Waals surface area contributed by atoms with E-state index in [1.807, 2.05) is 0 Å². The van der Waals surface area contributed by atoms with E-state index in [4.69, 9.17) is 5.41 Å². The summed E-state index contributed by atoms with van der Waals surface area (Å²) in [7, 11) is -13.3. The second-order valence-electron chi connectivity index (χ2n) is 5.61. The van der Waals surface area contributed by atoms with E-state index < -0.39 is 66.0 Å². The predicted molar refractivity (Wildman–Crippen MR) is 76.4 cm³/mol. The van der Waals surface area contributed by atoms with Crippen LogP contribution in [0.5, 0.6) is 0 Å². The molecule has 0 aromatic carbocycles. The molecule has 0 aromatic heterocycles. The number of carbonyl (C=O) groups is 1. The molecule has 0 aliphatic heterocycles. The number of sulfone groups is 2. The first kappa shape index (κ1) is 22.7. The van der Waals surface area contributed by atoms with Gasteiger partial charge in [-0.1, -0.05) is 0 Å². The summed E-state index contributed by atoms with van der Waals surface area (Å²) < 4.78 is 119. The molecule has 2 N–H and O–H groups in total. The van der Waals surface area contributed by atoms with Crippen LogP contribution in [0.4, 0.5) is 26.3 Å². The number of hydrogen-bond donors (Lipinski definition) is 2. The molecular weight excluding hydrogens is 418 g/mol. The third-order valence-electron chi connectivity index (χ3n) is 3.89. The molecule has 0 radical (unpaired) electrons. The highest BCUT2D eigenvalue weighted by molar-refractivity contribution is 8.09. The molecule has 0 unspecified atom stereocenters. The number of rotatable bonds is 5. The standard InChI is InChI=1S/C11H14F6N2O5S2/c12-10(13,14)25(21,22)9(26(23,24)11(15,16)17)6-1-3-7(4-2-6)19-8(20)5-18/h5-7,9,18H,1-4H2,(H,19,20). The number of alkyl halides is 6. The lowest BCUT2D eigenvalue weighted by atomic mass is 9.87. The largest absolute Gasteiger partial charge is 0.498 e. The van der Waals surface area contributed by atoms with Crippen molar-refractivity contribution in [3.8, 4) is 0 Å². The van der Waals surface area contributed by atoms with Gasteiger partial charge in [-0.25, -0.2) is 16.8 Å². The van der Waals surface area contributed by atoms with Crippen molar-refractivity contribution in [2.75, 3.05) is 0 Å². The van der Waals surface area contributed by atoms with Crippen LogP contribution in [0.15, 0.2) is 0 Å². The Kier molecular flexibility index (Phi) is 6.38. The highest BCUT2D eigenvalue weighted by atomic mass is 32.3. The van der Waals surface area contributed by atoms with Crippen molar-refractivity contribution >= 4 is 31.8 Å². The van der Waals surface area contributed by atoms with Crippen molar-refractivity contribution in [3.05, 3.63) is 0 Å². The third kappa shape index (κ3) is 4.47. The van der Waals surface area contributed by atoms with Crippen LogP contribution in [0.3, 0.4) is 0 Å². The molecule has 0 bridgehead atoms. The van der Waals surface area contributed by atoms with E-state index in [0.717, 1.165) is 0 Å². The van der Waals surface area contributed by atoms with Crippen molar-refractivity contribution in [1.29, 1.82) is 5.41 Å². The first-order chi connectivity index (χ1) is 11.6. The normalized spacial score (nSPS) is 22.9. The van der Waals surface area contributed by atoms with Gasteiger partial charge in [-0.3, -0.25) is 4.79 Å². The summed E-state index contributed by atoms with van der Waals surface area (Å²) in [5.74, 6) is -2.79. The number of amides is 1. The summed E-state index contributed by atoms with van der Waals surface area (Å²) in [4.78, 5) is 11.0. The van der Waals surface area contributed by atoms with Gasteiger partial charge in [0.2, 0.25) is 0 Å². The third-order valence-corrected chi connectivity index (χ3v) is 8.69. The lowest BCUT2D eigenvalue weighted by Gasteiger charge is -2.33. The van der Waals surface area contributed by atoms with E-state index in [1.165, 1.54) is 0 Å². The molecule has 0 spiro atoms. The Morgan fingerprint density at radius 3 is 1.62 bits per heavy atom. The molecule has 1 rings (SSSR count). The maximum absolute atomic E-state index is 12.7. The Labute approximate surface area is 144 Å². The van der Waals surface area contributed by atoms with Gasteiger partial charge in [0.15, 0.2) is 4.58 Å². The van der Waals surface area contributed by atoms with Gasteiger partial charge in [-0.15, -0.1) is 0 Å². The zero-order valence-electron chi connectivity index (χ0n) is 12.8. The molecule has 1 aliphatic rings. The average molecular weight is 432 g/mol. The van der Waals surface area contributed by atoms with Crippen molar-refractivity contribution in [3.63, 3.8) is 0 Å². The average Bonchev–Trinajstić information content (AvgIpc) is 2.46. The number of halogens is 6. The van der Waals surface area contributed by atoms with E-state index >= 15 is 0 Å². The van der Waals surface area contributed by atoms with E-state index in [9.17, 15) is 48.0 Å². The molecule has 1 amide bonds. The lowest BCUT2D eigenvalue weighted by Crippen LogP contribution is -2.50. The first-order valence-electron chi connectivity index (χ1n) is 6.97. The number of nitrogens with one attached hydrogen (secondary N) is 2. The topological polar surface area (TPSA) is 121 Å². The minimum Gasteiger partial charge on any atom is -0.349 e. The zero-order valence-corrected chi connectivity index (χ0v) is 14.4. The van der Waals surface area contributed by atoms with Gasteiger partial charge in [0.1, 0.15) is 0 Å². The number of carbonyl (C=O) groups excluding carboxylic acids is 1. The fourth-order valence-electron chi connectivity index (χ4n) is 2.72. The quantitative estimate of drug-likeness (QED) is 0.504. The minimum atomic E-state index is -6.66. The Morgan fingerprint density at radius 1 is 0.923 bits per heavy atom. The molecule has 0 heterocycles. The predicted octanol–water partition coefficient (Wildman–Crippen LogP) is 1.51. The van der Waals surface area contributed by atoms with Crippen molar-refractivity contribution < 1.29 is 48.0 Å². The minimum absolute atomic E-state index is 0.235. The zero-order chi connectivity index (χ0) is 20.6. The maximum atomic E-state index is 12.7. The van der Waals surface area contributed by atoms with E-state index in [0.29, 0.717) is 6.21 Å². The second-order valence-corrected chi connectivity index (χ2v) is 10.0. The molecule has 15 heteroatoms. The summed E-state index contributed by atoms with van der Waals surface area (Å²) in [6, 6.07) is -0.719. The number of hydrogen-bond acceptors (Lipinski definition) is 6.